The molecule has 1 aliphatic heterocycles. The van der Waals surface area contributed by atoms with Crippen molar-refractivity contribution in [2.24, 2.45) is 11.1 Å². The van der Waals surface area contributed by atoms with Crippen LogP contribution in [0.25, 0.3) is 0 Å². The summed E-state index contributed by atoms with van der Waals surface area (Å²) in [7, 11) is 2.20. The molecule has 0 aromatic carbocycles. The lowest BCUT2D eigenvalue weighted by atomic mass is 9.84. The third kappa shape index (κ3) is 4.81. The first kappa shape index (κ1) is 13.9. The van der Waals surface area contributed by atoms with Crippen LogP contribution in [0, 0.1) is 5.41 Å². The molecule has 3 nitrogen and oxygen atoms in total. The molecule has 0 bridgehead atoms. The number of nitrogens with zero attached hydrogens (tertiary/aromatic N) is 2. The van der Waals surface area contributed by atoms with Gasteiger partial charge in [0.2, 0.25) is 0 Å². The van der Waals surface area contributed by atoms with E-state index >= 15 is 0 Å². The topological polar surface area (TPSA) is 32.5 Å². The molecule has 1 heterocycles. The minimum Gasteiger partial charge on any atom is -0.328 e. The SMILES string of the molecule is CCC(N)CC(C)(C)CN1CCN(C)CC1. The zero-order valence-electron chi connectivity index (χ0n) is 11.5. The van der Waals surface area contributed by atoms with Gasteiger partial charge in [-0.1, -0.05) is 20.8 Å². The third-order valence-corrected chi connectivity index (χ3v) is 3.59. The molecule has 0 saturated carbocycles. The molecule has 0 aromatic heterocycles. The predicted octanol–water partition coefficient (Wildman–Crippen LogP) is 1.39. The molecular formula is C13H29N3. The van der Waals surface area contributed by atoms with Gasteiger partial charge in [0.15, 0.2) is 0 Å². The molecule has 0 amide bonds. The molecule has 1 rings (SSSR count). The zero-order valence-corrected chi connectivity index (χ0v) is 11.5. The molecule has 1 saturated heterocycles. The van der Waals surface area contributed by atoms with Crippen molar-refractivity contribution in [3.05, 3.63) is 0 Å². The molecule has 0 radical (unpaired) electrons. The Hall–Kier alpha value is -0.120. The maximum atomic E-state index is 6.06. The van der Waals surface area contributed by atoms with Gasteiger partial charge in [-0.2, -0.15) is 0 Å². The van der Waals surface area contributed by atoms with Crippen molar-refractivity contribution >= 4 is 0 Å². The fourth-order valence-electron chi connectivity index (χ4n) is 2.53. The van der Waals surface area contributed by atoms with Crippen LogP contribution in [0.15, 0.2) is 0 Å². The Balaban J connectivity index is 2.34. The monoisotopic (exact) mass is 227 g/mol. The standard InChI is InChI=1S/C13H29N3/c1-5-12(14)10-13(2,3)11-16-8-6-15(4)7-9-16/h12H,5-11,14H2,1-4H3. The van der Waals surface area contributed by atoms with Gasteiger partial charge < -0.3 is 15.5 Å². The summed E-state index contributed by atoms with van der Waals surface area (Å²) in [5, 5.41) is 0. The minimum absolute atomic E-state index is 0.353. The highest BCUT2D eigenvalue weighted by molar-refractivity contribution is 4.80. The lowest BCUT2D eigenvalue weighted by Gasteiger charge is -2.38. The molecule has 1 atom stereocenters. The predicted molar refractivity (Wildman–Crippen MR) is 70.6 cm³/mol. The van der Waals surface area contributed by atoms with Gasteiger partial charge in [0.1, 0.15) is 0 Å². The van der Waals surface area contributed by atoms with Gasteiger partial charge >= 0.3 is 0 Å². The van der Waals surface area contributed by atoms with Gasteiger partial charge in [0.05, 0.1) is 0 Å². The Bertz CT molecular complexity index is 195. The van der Waals surface area contributed by atoms with Crippen LogP contribution in [0.3, 0.4) is 0 Å². The summed E-state index contributed by atoms with van der Waals surface area (Å²) in [5.41, 5.74) is 6.41. The van der Waals surface area contributed by atoms with E-state index in [1.165, 1.54) is 32.7 Å². The largest absolute Gasteiger partial charge is 0.328 e. The number of nitrogens with two attached hydrogens (primary N) is 1. The van der Waals surface area contributed by atoms with E-state index in [0.29, 0.717) is 11.5 Å². The Kier molecular flexibility index (Phi) is 5.22. The summed E-state index contributed by atoms with van der Waals surface area (Å²) >= 11 is 0. The second-order valence-electron chi connectivity index (χ2n) is 6.12. The van der Waals surface area contributed by atoms with Gasteiger partial charge in [0.25, 0.3) is 0 Å². The Morgan fingerprint density at radius 3 is 2.25 bits per heavy atom. The quantitative estimate of drug-likeness (QED) is 0.770. The summed E-state index contributed by atoms with van der Waals surface area (Å²) in [4.78, 5) is 4.99. The second kappa shape index (κ2) is 5.99. The first-order valence-electron chi connectivity index (χ1n) is 6.59. The third-order valence-electron chi connectivity index (χ3n) is 3.59. The second-order valence-corrected chi connectivity index (χ2v) is 6.12. The summed E-state index contributed by atoms with van der Waals surface area (Å²) in [5.74, 6) is 0. The first-order chi connectivity index (χ1) is 7.43. The van der Waals surface area contributed by atoms with Crippen LogP contribution in [-0.2, 0) is 0 Å². The van der Waals surface area contributed by atoms with Crippen molar-refractivity contribution in [3.63, 3.8) is 0 Å². The smallest absolute Gasteiger partial charge is 0.0110 e. The summed E-state index contributed by atoms with van der Waals surface area (Å²) in [6.45, 7) is 12.9. The molecule has 0 aromatic rings. The van der Waals surface area contributed by atoms with Crippen molar-refractivity contribution in [2.75, 3.05) is 39.8 Å². The first-order valence-corrected chi connectivity index (χ1v) is 6.59. The van der Waals surface area contributed by atoms with Crippen molar-refractivity contribution in [2.45, 2.75) is 39.7 Å². The fourth-order valence-corrected chi connectivity index (χ4v) is 2.53. The average Bonchev–Trinajstić information content (AvgIpc) is 2.20. The highest BCUT2D eigenvalue weighted by Crippen LogP contribution is 2.24. The molecular weight excluding hydrogens is 198 g/mol. The van der Waals surface area contributed by atoms with E-state index in [1.54, 1.807) is 0 Å². The van der Waals surface area contributed by atoms with Crippen LogP contribution in [0.1, 0.15) is 33.6 Å². The van der Waals surface area contributed by atoms with Gasteiger partial charge in [-0.25, -0.2) is 0 Å². The number of likely N-dealkylation sites (N-methyl/N-ethyl adjacent to an activating group) is 1. The highest BCUT2D eigenvalue weighted by atomic mass is 15.2. The van der Waals surface area contributed by atoms with E-state index in [-0.39, 0.29) is 0 Å². The van der Waals surface area contributed by atoms with Gasteiger partial charge in [0, 0.05) is 38.8 Å². The van der Waals surface area contributed by atoms with Crippen molar-refractivity contribution in [1.82, 2.24) is 9.80 Å². The number of hydrogen-bond donors (Lipinski definition) is 1. The Morgan fingerprint density at radius 1 is 1.19 bits per heavy atom. The zero-order chi connectivity index (χ0) is 12.2. The van der Waals surface area contributed by atoms with E-state index in [1.807, 2.05) is 0 Å². The summed E-state index contributed by atoms with van der Waals surface area (Å²) < 4.78 is 0. The molecule has 0 spiro atoms. The number of rotatable bonds is 5. The summed E-state index contributed by atoms with van der Waals surface area (Å²) in [6, 6.07) is 0.363. The lowest BCUT2D eigenvalue weighted by molar-refractivity contribution is 0.103. The van der Waals surface area contributed by atoms with E-state index in [4.69, 9.17) is 5.73 Å². The van der Waals surface area contributed by atoms with Crippen LogP contribution in [-0.4, -0.2) is 55.6 Å². The molecule has 16 heavy (non-hydrogen) atoms. The average molecular weight is 227 g/mol. The molecule has 1 aliphatic rings. The maximum absolute atomic E-state index is 6.06. The van der Waals surface area contributed by atoms with Gasteiger partial charge in [-0.05, 0) is 25.3 Å². The normalized spacial score (nSPS) is 22.3. The van der Waals surface area contributed by atoms with Crippen molar-refractivity contribution in [3.8, 4) is 0 Å². The van der Waals surface area contributed by atoms with Crippen molar-refractivity contribution < 1.29 is 0 Å². The Morgan fingerprint density at radius 2 is 1.75 bits per heavy atom. The Labute approximate surface area is 101 Å². The molecule has 0 aliphatic carbocycles. The molecule has 1 fully saturated rings. The molecule has 96 valence electrons. The van der Waals surface area contributed by atoms with E-state index in [2.05, 4.69) is 37.6 Å². The van der Waals surface area contributed by atoms with Crippen LogP contribution >= 0.6 is 0 Å². The van der Waals surface area contributed by atoms with Crippen LogP contribution < -0.4 is 5.73 Å². The van der Waals surface area contributed by atoms with Crippen LogP contribution in [0.5, 0.6) is 0 Å². The summed E-state index contributed by atoms with van der Waals surface area (Å²) in [6.07, 6.45) is 2.22. The fraction of sp³-hybridized carbons (Fsp3) is 1.00. The van der Waals surface area contributed by atoms with Gasteiger partial charge in [-0.3, -0.25) is 0 Å². The van der Waals surface area contributed by atoms with E-state index in [9.17, 15) is 0 Å². The van der Waals surface area contributed by atoms with Crippen molar-refractivity contribution in [1.29, 1.82) is 0 Å². The van der Waals surface area contributed by atoms with Gasteiger partial charge in [-0.15, -0.1) is 0 Å². The molecule has 2 N–H and O–H groups in total. The number of hydrogen-bond acceptors (Lipinski definition) is 3. The number of piperazine rings is 1. The minimum atomic E-state index is 0.353. The van der Waals surface area contributed by atoms with Crippen LogP contribution in [0.4, 0.5) is 0 Å². The molecule has 1 unspecified atom stereocenters. The maximum Gasteiger partial charge on any atom is 0.0110 e. The van der Waals surface area contributed by atoms with Crippen LogP contribution in [0.2, 0.25) is 0 Å². The van der Waals surface area contributed by atoms with E-state index < -0.39 is 0 Å². The molecule has 3 heteroatoms. The lowest BCUT2D eigenvalue weighted by Crippen LogP contribution is -2.48. The van der Waals surface area contributed by atoms with E-state index in [0.717, 1.165) is 12.8 Å². The highest BCUT2D eigenvalue weighted by Gasteiger charge is 2.25.